The zero-order chi connectivity index (χ0) is 21.0. The summed E-state index contributed by atoms with van der Waals surface area (Å²) in [4.78, 5) is 14.0. The van der Waals surface area contributed by atoms with E-state index in [1.165, 1.54) is 24.3 Å². The number of hydrogen-bond acceptors (Lipinski definition) is 4. The maximum atomic E-state index is 14.6. The predicted octanol–water partition coefficient (Wildman–Crippen LogP) is 3.43. The van der Waals surface area contributed by atoms with E-state index >= 15 is 0 Å². The first-order valence-corrected chi connectivity index (χ1v) is 9.50. The molecule has 156 valence electrons. The van der Waals surface area contributed by atoms with E-state index in [2.05, 4.69) is 10.6 Å². The summed E-state index contributed by atoms with van der Waals surface area (Å²) >= 11 is 0. The van der Waals surface area contributed by atoms with Crippen LogP contribution in [-0.4, -0.2) is 43.0 Å². The van der Waals surface area contributed by atoms with E-state index in [1.54, 1.807) is 18.2 Å². The van der Waals surface area contributed by atoms with Crippen LogP contribution in [-0.2, 0) is 4.74 Å². The number of aliphatic hydroxyl groups excluding tert-OH is 1. The number of benzene rings is 2. The molecule has 0 aromatic heterocycles. The summed E-state index contributed by atoms with van der Waals surface area (Å²) in [6, 6.07) is 9.64. The van der Waals surface area contributed by atoms with Gasteiger partial charge in [0.2, 0.25) is 0 Å². The van der Waals surface area contributed by atoms with Crippen LogP contribution in [0.1, 0.15) is 25.5 Å². The van der Waals surface area contributed by atoms with Gasteiger partial charge >= 0.3 is 6.03 Å². The molecule has 0 saturated carbocycles. The largest absolute Gasteiger partial charge is 0.386 e. The summed E-state index contributed by atoms with van der Waals surface area (Å²) in [5, 5.41) is 15.0. The fraction of sp³-hybridized carbons (Fsp3) is 0.381. The average molecular weight is 405 g/mol. The molecule has 0 unspecified atom stereocenters. The second-order valence-electron chi connectivity index (χ2n) is 7.20. The minimum absolute atomic E-state index is 0.00241. The number of halogens is 2. The molecule has 2 amide bonds. The van der Waals surface area contributed by atoms with Crippen molar-refractivity contribution >= 4 is 17.4 Å². The molecule has 1 fully saturated rings. The minimum Gasteiger partial charge on any atom is -0.386 e. The monoisotopic (exact) mass is 405 g/mol. The first-order chi connectivity index (χ1) is 13.8. The van der Waals surface area contributed by atoms with Gasteiger partial charge in [0, 0.05) is 30.9 Å². The van der Waals surface area contributed by atoms with Gasteiger partial charge < -0.3 is 25.4 Å². The van der Waals surface area contributed by atoms with Crippen molar-refractivity contribution in [1.29, 1.82) is 0 Å². The molecule has 3 N–H and O–H groups in total. The van der Waals surface area contributed by atoms with Gasteiger partial charge in [-0.2, -0.15) is 0 Å². The summed E-state index contributed by atoms with van der Waals surface area (Å²) in [5.41, 5.74) is 0.823. The highest BCUT2D eigenvalue weighted by atomic mass is 19.1. The van der Waals surface area contributed by atoms with Gasteiger partial charge in [0.15, 0.2) is 0 Å². The highest BCUT2D eigenvalue weighted by Crippen LogP contribution is 2.26. The summed E-state index contributed by atoms with van der Waals surface area (Å²) in [5.74, 6) is -0.998. The molecule has 2 aromatic rings. The molecule has 1 heterocycles. The Bertz CT molecular complexity index is 855. The number of urea groups is 1. The molecule has 1 aliphatic rings. The zero-order valence-electron chi connectivity index (χ0n) is 16.4. The molecule has 1 saturated heterocycles. The molecule has 8 heteroatoms. The van der Waals surface area contributed by atoms with Crippen molar-refractivity contribution < 1.29 is 23.4 Å². The van der Waals surface area contributed by atoms with Gasteiger partial charge in [-0.3, -0.25) is 0 Å². The van der Waals surface area contributed by atoms with Crippen LogP contribution in [0.2, 0.25) is 0 Å². The Labute approximate surface area is 168 Å². The number of nitrogens with one attached hydrogen (secondary N) is 2. The fourth-order valence-electron chi connectivity index (χ4n) is 3.44. The summed E-state index contributed by atoms with van der Waals surface area (Å²) in [6.07, 6.45) is -1.18. The molecule has 3 rings (SSSR count). The minimum atomic E-state index is -1.19. The van der Waals surface area contributed by atoms with Gasteiger partial charge in [-0.1, -0.05) is 18.2 Å². The molecule has 29 heavy (non-hydrogen) atoms. The van der Waals surface area contributed by atoms with Crippen molar-refractivity contribution in [2.24, 2.45) is 0 Å². The van der Waals surface area contributed by atoms with Gasteiger partial charge in [0.1, 0.15) is 11.6 Å². The SMILES string of the molecule is C[C@@H]1CN(c2ccc(NC(=O)NC[C@H](O)c3ccccc3F)cc2F)C[C@@H](C)O1. The van der Waals surface area contributed by atoms with Gasteiger partial charge in [-0.05, 0) is 38.1 Å². The Kier molecular flexibility index (Phi) is 6.66. The van der Waals surface area contributed by atoms with Crippen LogP contribution in [0.15, 0.2) is 42.5 Å². The number of hydrogen-bond donors (Lipinski definition) is 3. The van der Waals surface area contributed by atoms with Crippen LogP contribution in [0.3, 0.4) is 0 Å². The van der Waals surface area contributed by atoms with Crippen molar-refractivity contribution in [1.82, 2.24) is 5.32 Å². The molecule has 6 nitrogen and oxygen atoms in total. The zero-order valence-corrected chi connectivity index (χ0v) is 16.4. The second kappa shape index (κ2) is 9.19. The van der Waals surface area contributed by atoms with E-state index in [-0.39, 0.29) is 30.0 Å². The number of morpholine rings is 1. The third-order valence-electron chi connectivity index (χ3n) is 4.69. The van der Waals surface area contributed by atoms with Gasteiger partial charge in [-0.25, -0.2) is 13.6 Å². The van der Waals surface area contributed by atoms with Crippen LogP contribution < -0.4 is 15.5 Å². The van der Waals surface area contributed by atoms with Gasteiger partial charge in [0.05, 0.1) is 24.0 Å². The molecule has 0 radical (unpaired) electrons. The van der Waals surface area contributed by atoms with Gasteiger partial charge in [0.25, 0.3) is 0 Å². The van der Waals surface area contributed by atoms with E-state index in [0.717, 1.165) is 0 Å². The third kappa shape index (κ3) is 5.42. The number of rotatable bonds is 5. The Hall–Kier alpha value is -2.71. The Morgan fingerprint density at radius 3 is 2.52 bits per heavy atom. The van der Waals surface area contributed by atoms with Crippen molar-refractivity contribution in [3.05, 3.63) is 59.7 Å². The van der Waals surface area contributed by atoms with Crippen molar-refractivity contribution in [2.45, 2.75) is 32.2 Å². The molecular weight excluding hydrogens is 380 g/mol. The Morgan fingerprint density at radius 2 is 1.86 bits per heavy atom. The summed E-state index contributed by atoms with van der Waals surface area (Å²) in [7, 11) is 0. The number of anilines is 2. The van der Waals surface area contributed by atoms with E-state index in [1.807, 2.05) is 18.7 Å². The van der Waals surface area contributed by atoms with Crippen LogP contribution in [0.25, 0.3) is 0 Å². The first-order valence-electron chi connectivity index (χ1n) is 9.50. The predicted molar refractivity (Wildman–Crippen MR) is 107 cm³/mol. The Balaban J connectivity index is 1.57. The molecule has 1 aliphatic heterocycles. The van der Waals surface area contributed by atoms with Gasteiger partial charge in [-0.15, -0.1) is 0 Å². The van der Waals surface area contributed by atoms with Crippen LogP contribution in [0.4, 0.5) is 25.0 Å². The number of carbonyl (C=O) groups excluding carboxylic acids is 1. The summed E-state index contributed by atoms with van der Waals surface area (Å²) in [6.45, 7) is 4.87. The number of ether oxygens (including phenoxy) is 1. The van der Waals surface area contributed by atoms with Crippen molar-refractivity contribution in [3.8, 4) is 0 Å². The van der Waals surface area contributed by atoms with Crippen molar-refractivity contribution in [2.75, 3.05) is 29.9 Å². The maximum absolute atomic E-state index is 14.6. The van der Waals surface area contributed by atoms with E-state index in [0.29, 0.717) is 18.8 Å². The highest BCUT2D eigenvalue weighted by Gasteiger charge is 2.24. The number of aliphatic hydroxyl groups is 1. The smallest absolute Gasteiger partial charge is 0.319 e. The molecule has 2 aromatic carbocycles. The van der Waals surface area contributed by atoms with Crippen LogP contribution in [0.5, 0.6) is 0 Å². The maximum Gasteiger partial charge on any atom is 0.319 e. The van der Waals surface area contributed by atoms with Crippen LogP contribution in [0, 0.1) is 11.6 Å². The molecule has 3 atom stereocenters. The number of amides is 2. The Morgan fingerprint density at radius 1 is 1.17 bits per heavy atom. The molecule has 0 bridgehead atoms. The number of nitrogens with zero attached hydrogens (tertiary/aromatic N) is 1. The lowest BCUT2D eigenvalue weighted by Crippen LogP contribution is -2.45. The van der Waals surface area contributed by atoms with E-state index in [4.69, 9.17) is 4.74 Å². The quantitative estimate of drug-likeness (QED) is 0.713. The normalized spacial score (nSPS) is 20.2. The van der Waals surface area contributed by atoms with Crippen molar-refractivity contribution in [3.63, 3.8) is 0 Å². The molecular formula is C21H25F2N3O3. The van der Waals surface area contributed by atoms with Crippen LogP contribution >= 0.6 is 0 Å². The third-order valence-corrected chi connectivity index (χ3v) is 4.69. The molecule has 0 spiro atoms. The first kappa shape index (κ1) is 21.0. The lowest BCUT2D eigenvalue weighted by Gasteiger charge is -2.37. The second-order valence-corrected chi connectivity index (χ2v) is 7.20. The number of carbonyl (C=O) groups is 1. The fourth-order valence-corrected chi connectivity index (χ4v) is 3.44. The average Bonchev–Trinajstić information content (AvgIpc) is 2.66. The summed E-state index contributed by atoms with van der Waals surface area (Å²) < 4.78 is 33.9. The van der Waals surface area contributed by atoms with E-state index < -0.39 is 23.8 Å². The lowest BCUT2D eigenvalue weighted by atomic mass is 10.1. The highest BCUT2D eigenvalue weighted by molar-refractivity contribution is 5.89. The lowest BCUT2D eigenvalue weighted by molar-refractivity contribution is -0.00539. The topological polar surface area (TPSA) is 73.8 Å². The standard InChI is InChI=1S/C21H25F2N3O3/c1-13-11-26(12-14(2)29-13)19-8-7-15(9-18(19)23)25-21(28)24-10-20(27)16-5-3-4-6-17(16)22/h3-9,13-14,20,27H,10-12H2,1-2H3,(H2,24,25,28)/t13-,14-,20+/m1/s1. The molecule has 0 aliphatic carbocycles. The van der Waals surface area contributed by atoms with E-state index in [9.17, 15) is 18.7 Å².